The minimum atomic E-state index is -3.71. The molecule has 0 radical (unpaired) electrons. The second-order valence-corrected chi connectivity index (χ2v) is 9.92. The lowest BCUT2D eigenvalue weighted by molar-refractivity contribution is 0.340. The number of hydrogen-bond acceptors (Lipinski definition) is 6. The van der Waals surface area contributed by atoms with Gasteiger partial charge in [-0.25, -0.2) is 18.4 Å². The number of aromatic nitrogens is 2. The Bertz CT molecular complexity index is 1200. The zero-order valence-corrected chi connectivity index (χ0v) is 19.7. The van der Waals surface area contributed by atoms with Gasteiger partial charge in [-0.15, -0.1) is 0 Å². The molecule has 32 heavy (non-hydrogen) atoms. The minimum Gasteiger partial charge on any atom is -0.494 e. The van der Waals surface area contributed by atoms with E-state index in [9.17, 15) is 8.42 Å². The zero-order valence-electron chi connectivity index (χ0n) is 17.4. The van der Waals surface area contributed by atoms with Crippen molar-refractivity contribution in [3.8, 4) is 17.0 Å². The first-order chi connectivity index (χ1) is 15.4. The molecule has 2 heterocycles. The number of sulfonamides is 1. The van der Waals surface area contributed by atoms with E-state index < -0.39 is 10.0 Å². The Kier molecular flexibility index (Phi) is 6.85. The highest BCUT2D eigenvalue weighted by atomic mass is 35.5. The summed E-state index contributed by atoms with van der Waals surface area (Å²) in [5.41, 5.74) is 1.75. The lowest BCUT2D eigenvalue weighted by atomic mass is 10.1. The van der Waals surface area contributed by atoms with Crippen LogP contribution >= 0.6 is 23.2 Å². The molecule has 168 valence electrons. The molecule has 7 nitrogen and oxygen atoms in total. The fourth-order valence-electron chi connectivity index (χ4n) is 3.50. The van der Waals surface area contributed by atoms with E-state index in [4.69, 9.17) is 27.9 Å². The molecule has 0 atom stereocenters. The normalized spacial score (nSPS) is 15.0. The summed E-state index contributed by atoms with van der Waals surface area (Å²) in [4.78, 5) is 11.1. The van der Waals surface area contributed by atoms with Gasteiger partial charge in [-0.3, -0.25) is 0 Å². The number of rotatable bonds is 6. The van der Waals surface area contributed by atoms with Crippen LogP contribution in [-0.4, -0.2) is 55.5 Å². The van der Waals surface area contributed by atoms with Crippen molar-refractivity contribution < 1.29 is 13.2 Å². The minimum absolute atomic E-state index is 0.0609. The molecule has 0 N–H and O–H groups in total. The van der Waals surface area contributed by atoms with E-state index in [1.54, 1.807) is 6.20 Å². The first-order valence-electron chi connectivity index (χ1n) is 10.1. The maximum absolute atomic E-state index is 13.0. The van der Waals surface area contributed by atoms with Crippen molar-refractivity contribution in [1.29, 1.82) is 0 Å². The van der Waals surface area contributed by atoms with Crippen molar-refractivity contribution in [3.05, 3.63) is 64.8 Å². The van der Waals surface area contributed by atoms with E-state index in [-0.39, 0.29) is 9.92 Å². The van der Waals surface area contributed by atoms with Crippen LogP contribution in [0, 0.1) is 0 Å². The van der Waals surface area contributed by atoms with Gasteiger partial charge in [0, 0.05) is 43.0 Å². The van der Waals surface area contributed by atoms with Gasteiger partial charge in [0.2, 0.25) is 16.0 Å². The summed E-state index contributed by atoms with van der Waals surface area (Å²) in [6.07, 6.45) is 1.71. The Balaban J connectivity index is 1.47. The Morgan fingerprint density at radius 2 is 1.72 bits per heavy atom. The van der Waals surface area contributed by atoms with Crippen molar-refractivity contribution in [1.82, 2.24) is 14.3 Å². The Morgan fingerprint density at radius 3 is 2.38 bits per heavy atom. The highest BCUT2D eigenvalue weighted by molar-refractivity contribution is 7.89. The Morgan fingerprint density at radius 1 is 1.00 bits per heavy atom. The predicted molar refractivity (Wildman–Crippen MR) is 126 cm³/mol. The van der Waals surface area contributed by atoms with E-state index >= 15 is 0 Å². The molecule has 0 spiro atoms. The highest BCUT2D eigenvalue weighted by Crippen LogP contribution is 2.29. The topological polar surface area (TPSA) is 75.6 Å². The van der Waals surface area contributed by atoms with Gasteiger partial charge in [0.25, 0.3) is 0 Å². The third-order valence-electron chi connectivity index (χ3n) is 5.14. The standard InChI is InChI=1S/C22H22Cl2N4O3S/c1-2-31-18-6-3-16(4-7-18)20-9-10-25-22(26-20)27-11-13-28(14-12-27)32(29,30)21-8-5-17(23)15-19(21)24/h3-10,15H,2,11-14H2,1H3. The van der Waals surface area contributed by atoms with Crippen LogP contribution in [0.25, 0.3) is 11.3 Å². The number of piperazine rings is 1. The molecule has 1 fully saturated rings. The van der Waals surface area contributed by atoms with E-state index in [0.29, 0.717) is 43.8 Å². The number of hydrogen-bond donors (Lipinski definition) is 0. The number of ether oxygens (including phenoxy) is 1. The van der Waals surface area contributed by atoms with Crippen molar-refractivity contribution >= 4 is 39.2 Å². The van der Waals surface area contributed by atoms with Crippen LogP contribution in [0.2, 0.25) is 10.0 Å². The molecule has 0 saturated carbocycles. The number of benzene rings is 2. The fraction of sp³-hybridized carbons (Fsp3) is 0.273. The summed E-state index contributed by atoms with van der Waals surface area (Å²) in [6, 6.07) is 14.0. The molecular weight excluding hydrogens is 471 g/mol. The highest BCUT2D eigenvalue weighted by Gasteiger charge is 2.31. The lowest BCUT2D eigenvalue weighted by Crippen LogP contribution is -2.49. The van der Waals surface area contributed by atoms with Gasteiger partial charge in [-0.1, -0.05) is 23.2 Å². The largest absolute Gasteiger partial charge is 0.494 e. The molecule has 0 unspecified atom stereocenters. The molecule has 4 rings (SSSR count). The Labute approximate surface area is 197 Å². The average Bonchev–Trinajstić information content (AvgIpc) is 2.80. The summed E-state index contributed by atoms with van der Waals surface area (Å²) in [5, 5.41) is 0.509. The summed E-state index contributed by atoms with van der Waals surface area (Å²) in [5.74, 6) is 1.38. The Hall–Kier alpha value is -2.39. The molecule has 3 aromatic rings. The first kappa shape index (κ1) is 22.8. The van der Waals surface area contributed by atoms with E-state index in [1.165, 1.54) is 22.5 Å². The van der Waals surface area contributed by atoms with Crippen molar-refractivity contribution in [2.75, 3.05) is 37.7 Å². The SMILES string of the molecule is CCOc1ccc(-c2ccnc(N3CCN(S(=O)(=O)c4ccc(Cl)cc4Cl)CC3)n2)cc1. The van der Waals surface area contributed by atoms with Crippen LogP contribution in [0.4, 0.5) is 5.95 Å². The van der Waals surface area contributed by atoms with Crippen LogP contribution in [0.5, 0.6) is 5.75 Å². The van der Waals surface area contributed by atoms with Gasteiger partial charge in [-0.2, -0.15) is 4.31 Å². The molecule has 2 aromatic carbocycles. The fourth-order valence-corrected chi connectivity index (χ4v) is 5.67. The molecule has 1 aromatic heterocycles. The monoisotopic (exact) mass is 492 g/mol. The average molecular weight is 493 g/mol. The third kappa shape index (κ3) is 4.83. The van der Waals surface area contributed by atoms with Gasteiger partial charge in [0.1, 0.15) is 10.6 Å². The lowest BCUT2D eigenvalue weighted by Gasteiger charge is -2.34. The maximum Gasteiger partial charge on any atom is 0.244 e. The van der Waals surface area contributed by atoms with Gasteiger partial charge in [-0.05, 0) is 55.5 Å². The van der Waals surface area contributed by atoms with Gasteiger partial charge in [0.05, 0.1) is 17.3 Å². The van der Waals surface area contributed by atoms with Gasteiger partial charge in [0.15, 0.2) is 0 Å². The molecule has 1 aliphatic heterocycles. The predicted octanol–water partition coefficient (Wildman–Crippen LogP) is 4.36. The van der Waals surface area contributed by atoms with Crippen LogP contribution in [0.15, 0.2) is 59.6 Å². The van der Waals surface area contributed by atoms with Crippen LogP contribution < -0.4 is 9.64 Å². The smallest absolute Gasteiger partial charge is 0.244 e. The third-order valence-corrected chi connectivity index (χ3v) is 7.75. The number of halogens is 2. The molecule has 1 saturated heterocycles. The summed E-state index contributed by atoms with van der Waals surface area (Å²) >= 11 is 12.0. The van der Waals surface area contributed by atoms with Crippen molar-refractivity contribution in [3.63, 3.8) is 0 Å². The van der Waals surface area contributed by atoms with Crippen LogP contribution in [0.1, 0.15) is 6.92 Å². The molecule has 1 aliphatic rings. The number of nitrogens with zero attached hydrogens (tertiary/aromatic N) is 4. The van der Waals surface area contributed by atoms with Gasteiger partial charge >= 0.3 is 0 Å². The second-order valence-electron chi connectivity index (χ2n) is 7.17. The van der Waals surface area contributed by atoms with Crippen LogP contribution in [-0.2, 0) is 10.0 Å². The van der Waals surface area contributed by atoms with E-state index in [1.807, 2.05) is 42.2 Å². The summed E-state index contributed by atoms with van der Waals surface area (Å²) < 4.78 is 32.9. The second kappa shape index (κ2) is 9.62. The van der Waals surface area contributed by atoms with E-state index in [0.717, 1.165) is 17.0 Å². The summed E-state index contributed by atoms with van der Waals surface area (Å²) in [7, 11) is -3.71. The molecule has 0 amide bonds. The zero-order chi connectivity index (χ0) is 22.7. The maximum atomic E-state index is 13.0. The quantitative estimate of drug-likeness (QED) is 0.508. The van der Waals surface area contributed by atoms with Crippen LogP contribution in [0.3, 0.4) is 0 Å². The van der Waals surface area contributed by atoms with Crippen molar-refractivity contribution in [2.45, 2.75) is 11.8 Å². The molecule has 0 bridgehead atoms. The number of anilines is 1. The summed E-state index contributed by atoms with van der Waals surface area (Å²) in [6.45, 7) is 4.10. The van der Waals surface area contributed by atoms with E-state index in [2.05, 4.69) is 9.97 Å². The first-order valence-corrected chi connectivity index (χ1v) is 12.3. The van der Waals surface area contributed by atoms with Crippen molar-refractivity contribution in [2.24, 2.45) is 0 Å². The van der Waals surface area contributed by atoms with Gasteiger partial charge < -0.3 is 9.64 Å². The molecule has 0 aliphatic carbocycles. The molecular formula is C22H22Cl2N4O3S. The molecule has 10 heteroatoms.